The van der Waals surface area contributed by atoms with E-state index in [1.54, 1.807) is 0 Å². The van der Waals surface area contributed by atoms with Gasteiger partial charge in [-0.1, -0.05) is 0 Å². The first-order valence-electron chi connectivity index (χ1n) is 10.6. The maximum absolute atomic E-state index is 14.1. The average Bonchev–Trinajstić information content (AvgIpc) is 2.79. The second-order valence-electron chi connectivity index (χ2n) is 8.31. The van der Waals surface area contributed by atoms with Gasteiger partial charge in [-0.25, -0.2) is 13.6 Å². The number of nitrogens with zero attached hydrogens (tertiary/aromatic N) is 2. The number of hydrogen-bond donors (Lipinski definition) is 1. The summed E-state index contributed by atoms with van der Waals surface area (Å²) in [6.07, 6.45) is -2.41. The molecule has 6 nitrogen and oxygen atoms in total. The predicted molar refractivity (Wildman–Crippen MR) is 113 cm³/mol. The average molecular weight is 481 g/mol. The number of anilines is 2. The van der Waals surface area contributed by atoms with Crippen molar-refractivity contribution in [3.63, 3.8) is 0 Å². The van der Waals surface area contributed by atoms with E-state index in [1.807, 2.05) is 0 Å². The van der Waals surface area contributed by atoms with Crippen molar-refractivity contribution in [1.29, 1.82) is 0 Å². The number of hydrogen-bond acceptors (Lipinski definition) is 5. The van der Waals surface area contributed by atoms with Crippen LogP contribution in [0.3, 0.4) is 0 Å². The third-order valence-electron chi connectivity index (χ3n) is 6.16. The van der Waals surface area contributed by atoms with Crippen molar-refractivity contribution in [3.05, 3.63) is 53.1 Å². The second-order valence-corrected chi connectivity index (χ2v) is 8.31. The van der Waals surface area contributed by atoms with Crippen molar-refractivity contribution in [3.8, 4) is 5.75 Å². The van der Waals surface area contributed by atoms with E-state index in [-0.39, 0.29) is 62.7 Å². The number of benzene rings is 2. The van der Waals surface area contributed by atoms with Gasteiger partial charge < -0.3 is 15.0 Å². The molecule has 0 aromatic heterocycles. The van der Waals surface area contributed by atoms with Gasteiger partial charge in [0.2, 0.25) is 12.0 Å². The van der Waals surface area contributed by atoms with Crippen LogP contribution in [0.4, 0.5) is 33.3 Å². The van der Waals surface area contributed by atoms with Crippen molar-refractivity contribution >= 4 is 23.4 Å². The first kappa shape index (κ1) is 23.7. The first-order valence-corrected chi connectivity index (χ1v) is 10.6. The molecule has 1 amide bonds. The molecule has 2 heterocycles. The number of isocyanates is 1. The fourth-order valence-electron chi connectivity index (χ4n) is 4.33. The summed E-state index contributed by atoms with van der Waals surface area (Å²) >= 11 is 0. The summed E-state index contributed by atoms with van der Waals surface area (Å²) in [6.45, 7) is 0.0364. The number of carbonyl (C=O) groups excluding carboxylic acids is 2. The molecule has 0 saturated carbocycles. The van der Waals surface area contributed by atoms with Crippen LogP contribution in [0.1, 0.15) is 30.4 Å². The van der Waals surface area contributed by atoms with Crippen LogP contribution in [0.2, 0.25) is 0 Å². The Morgan fingerprint density at radius 2 is 1.85 bits per heavy atom. The van der Waals surface area contributed by atoms with Crippen LogP contribution in [0.5, 0.6) is 5.75 Å². The zero-order valence-electron chi connectivity index (χ0n) is 17.8. The summed E-state index contributed by atoms with van der Waals surface area (Å²) in [4.78, 5) is 28.0. The van der Waals surface area contributed by atoms with Crippen molar-refractivity contribution in [2.45, 2.75) is 37.4 Å². The summed E-state index contributed by atoms with van der Waals surface area (Å²) in [7, 11) is 0. The topological polar surface area (TPSA) is 71.0 Å². The molecule has 34 heavy (non-hydrogen) atoms. The molecular formula is C23H20F5N3O3. The van der Waals surface area contributed by atoms with Crippen LogP contribution in [-0.4, -0.2) is 37.2 Å². The normalized spacial score (nSPS) is 17.4. The van der Waals surface area contributed by atoms with Gasteiger partial charge >= 0.3 is 6.18 Å². The van der Waals surface area contributed by atoms with E-state index in [0.29, 0.717) is 17.4 Å². The van der Waals surface area contributed by atoms with Crippen LogP contribution in [-0.2, 0) is 22.2 Å². The highest BCUT2D eigenvalue weighted by Gasteiger charge is 2.40. The smallest absolute Gasteiger partial charge is 0.418 e. The third-order valence-corrected chi connectivity index (χ3v) is 6.16. The Morgan fingerprint density at radius 3 is 2.53 bits per heavy atom. The molecule has 1 N–H and O–H groups in total. The molecule has 11 heteroatoms. The molecule has 2 aliphatic heterocycles. The molecule has 0 unspecified atom stereocenters. The molecule has 2 aromatic rings. The number of piperidine rings is 1. The molecule has 0 atom stereocenters. The number of fused-ring (bicyclic) bond motifs is 1. The van der Waals surface area contributed by atoms with Crippen LogP contribution in [0.25, 0.3) is 0 Å². The summed E-state index contributed by atoms with van der Waals surface area (Å²) in [6, 6.07) is 4.88. The lowest BCUT2D eigenvalue weighted by molar-refractivity contribution is -0.137. The molecule has 180 valence electrons. The summed E-state index contributed by atoms with van der Waals surface area (Å²) in [5, 5.41) is 2.48. The highest BCUT2D eigenvalue weighted by Crippen LogP contribution is 2.40. The summed E-state index contributed by atoms with van der Waals surface area (Å²) in [5.41, 5.74) is -1.76. The van der Waals surface area contributed by atoms with E-state index in [1.165, 1.54) is 17.0 Å². The van der Waals surface area contributed by atoms with E-state index in [2.05, 4.69) is 10.3 Å². The van der Waals surface area contributed by atoms with Gasteiger partial charge in [0, 0.05) is 25.1 Å². The third kappa shape index (κ3) is 4.75. The molecule has 4 rings (SSSR count). The lowest BCUT2D eigenvalue weighted by Crippen LogP contribution is -2.47. The molecule has 0 spiro atoms. The standard InChI is InChI=1S/C23H20F5N3O3/c24-14-1-3-16(23(26,27)28)18(11-14)31-9-7-22(8-10-31,29-13-32)12-34-19-5-4-17(25)21-15(19)2-6-20(33)30-21/h1,3-5,11H,2,6-10,12H2,(H,30,33). The molecule has 2 aromatic carbocycles. The Hall–Kier alpha value is -3.46. The highest BCUT2D eigenvalue weighted by atomic mass is 19.4. The van der Waals surface area contributed by atoms with E-state index >= 15 is 0 Å². The molecule has 0 aliphatic carbocycles. The Labute approximate surface area is 191 Å². The molecule has 2 aliphatic rings. The Kier molecular flexibility index (Phi) is 6.31. The van der Waals surface area contributed by atoms with Crippen molar-refractivity contribution in [2.24, 2.45) is 4.99 Å². The number of halogens is 5. The van der Waals surface area contributed by atoms with Gasteiger partial charge in [-0.15, -0.1) is 0 Å². The van der Waals surface area contributed by atoms with Crippen molar-refractivity contribution < 1.29 is 36.3 Å². The number of aliphatic imine (C=N–C) groups is 1. The Morgan fingerprint density at radius 1 is 1.12 bits per heavy atom. The van der Waals surface area contributed by atoms with Gasteiger partial charge in [0.15, 0.2) is 0 Å². The first-order chi connectivity index (χ1) is 16.1. The lowest BCUT2D eigenvalue weighted by atomic mass is 9.88. The minimum Gasteiger partial charge on any atom is -0.491 e. The predicted octanol–water partition coefficient (Wildman–Crippen LogP) is 4.62. The molecule has 0 radical (unpaired) electrons. The molecule has 0 bridgehead atoms. The van der Waals surface area contributed by atoms with Crippen LogP contribution >= 0.6 is 0 Å². The van der Waals surface area contributed by atoms with Gasteiger partial charge in [-0.05, 0) is 49.6 Å². The fourth-order valence-corrected chi connectivity index (χ4v) is 4.33. The zero-order valence-corrected chi connectivity index (χ0v) is 17.8. The van der Waals surface area contributed by atoms with Crippen LogP contribution in [0, 0.1) is 11.6 Å². The zero-order chi connectivity index (χ0) is 24.5. The quantitative estimate of drug-likeness (QED) is 0.384. The maximum Gasteiger partial charge on any atom is 0.418 e. The van der Waals surface area contributed by atoms with Gasteiger partial charge in [0.1, 0.15) is 29.5 Å². The highest BCUT2D eigenvalue weighted by molar-refractivity contribution is 5.94. The SMILES string of the molecule is O=C=NC1(COc2ccc(F)c3c2CCC(=O)N3)CCN(c2cc(F)ccc2C(F)(F)F)CC1. The molecular weight excluding hydrogens is 461 g/mol. The van der Waals surface area contributed by atoms with Gasteiger partial charge in [0.05, 0.1) is 16.9 Å². The van der Waals surface area contributed by atoms with Gasteiger partial charge in [0.25, 0.3) is 0 Å². The van der Waals surface area contributed by atoms with Crippen LogP contribution < -0.4 is 15.0 Å². The summed E-state index contributed by atoms with van der Waals surface area (Å²) in [5.74, 6) is -1.38. The monoisotopic (exact) mass is 481 g/mol. The molecule has 1 saturated heterocycles. The number of alkyl halides is 3. The van der Waals surface area contributed by atoms with E-state index in [0.717, 1.165) is 18.2 Å². The van der Waals surface area contributed by atoms with E-state index < -0.39 is 28.9 Å². The molecule has 1 fully saturated rings. The number of carbonyl (C=O) groups is 1. The van der Waals surface area contributed by atoms with Crippen molar-refractivity contribution in [1.82, 2.24) is 0 Å². The number of nitrogens with one attached hydrogen (secondary N) is 1. The van der Waals surface area contributed by atoms with Crippen LogP contribution in [0.15, 0.2) is 35.3 Å². The largest absolute Gasteiger partial charge is 0.491 e. The Bertz CT molecular complexity index is 1150. The number of rotatable bonds is 5. The summed E-state index contributed by atoms with van der Waals surface area (Å²) < 4.78 is 74.0. The maximum atomic E-state index is 14.1. The Balaban J connectivity index is 1.52. The van der Waals surface area contributed by atoms with Crippen molar-refractivity contribution in [2.75, 3.05) is 29.9 Å². The second kappa shape index (κ2) is 9.06. The van der Waals surface area contributed by atoms with E-state index in [9.17, 15) is 31.5 Å². The van der Waals surface area contributed by atoms with E-state index in [4.69, 9.17) is 4.74 Å². The minimum atomic E-state index is -4.65. The minimum absolute atomic E-state index is 0.0438. The lowest BCUT2D eigenvalue weighted by Gasteiger charge is -2.40. The fraction of sp³-hybridized carbons (Fsp3) is 0.391. The number of ether oxygens (including phenoxy) is 1. The van der Waals surface area contributed by atoms with Gasteiger partial charge in [-0.2, -0.15) is 18.2 Å². The van der Waals surface area contributed by atoms with Gasteiger partial charge in [-0.3, -0.25) is 4.79 Å². The number of amides is 1.